The van der Waals surface area contributed by atoms with E-state index in [9.17, 15) is 13.2 Å². The first-order valence-corrected chi connectivity index (χ1v) is 9.20. The van der Waals surface area contributed by atoms with Crippen LogP contribution >= 0.6 is 0 Å². The SMILES string of the molecule is CN=C(NCc1cn2c(n1)CCCC2)N1CCN(C(C)C(F)(F)F)CC1. The molecule has 1 aromatic heterocycles. The van der Waals surface area contributed by atoms with Crippen LogP contribution in [0.15, 0.2) is 11.2 Å². The number of aromatic nitrogens is 2. The molecule has 0 radical (unpaired) electrons. The maximum Gasteiger partial charge on any atom is 0.403 e. The molecular weight excluding hydrogens is 345 g/mol. The third-order valence-electron chi connectivity index (χ3n) is 5.23. The molecule has 0 aliphatic carbocycles. The minimum Gasteiger partial charge on any atom is -0.351 e. The third-order valence-corrected chi connectivity index (χ3v) is 5.23. The number of hydrogen-bond acceptors (Lipinski definition) is 3. The fourth-order valence-corrected chi connectivity index (χ4v) is 3.59. The van der Waals surface area contributed by atoms with Gasteiger partial charge >= 0.3 is 6.18 Å². The Kier molecular flexibility index (Phi) is 5.74. The number of aryl methyl sites for hydroxylation is 2. The first-order valence-electron chi connectivity index (χ1n) is 9.20. The van der Waals surface area contributed by atoms with Crippen LogP contribution < -0.4 is 5.32 Å². The van der Waals surface area contributed by atoms with Crippen molar-refractivity contribution in [3.8, 4) is 0 Å². The van der Waals surface area contributed by atoms with Crippen molar-refractivity contribution in [2.45, 2.75) is 51.5 Å². The predicted octanol–water partition coefficient (Wildman–Crippen LogP) is 1.86. The number of guanidine groups is 1. The van der Waals surface area contributed by atoms with Gasteiger partial charge in [0, 0.05) is 52.4 Å². The lowest BCUT2D eigenvalue weighted by Gasteiger charge is -2.39. The van der Waals surface area contributed by atoms with E-state index in [0.29, 0.717) is 32.7 Å². The number of hydrogen-bond donors (Lipinski definition) is 1. The molecule has 0 bridgehead atoms. The minimum absolute atomic E-state index is 0.375. The van der Waals surface area contributed by atoms with Crippen LogP contribution in [0.2, 0.25) is 0 Å². The predicted molar refractivity (Wildman–Crippen MR) is 94.0 cm³/mol. The summed E-state index contributed by atoms with van der Waals surface area (Å²) in [4.78, 5) is 12.4. The van der Waals surface area contributed by atoms with E-state index < -0.39 is 12.2 Å². The van der Waals surface area contributed by atoms with E-state index in [1.807, 2.05) is 4.90 Å². The number of nitrogens with zero attached hydrogens (tertiary/aromatic N) is 5. The summed E-state index contributed by atoms with van der Waals surface area (Å²) in [6.07, 6.45) is 1.30. The van der Waals surface area contributed by atoms with Crippen molar-refractivity contribution in [2.75, 3.05) is 33.2 Å². The number of alkyl halides is 3. The number of nitrogens with one attached hydrogen (secondary N) is 1. The molecule has 146 valence electrons. The van der Waals surface area contributed by atoms with Crippen LogP contribution in [-0.2, 0) is 19.5 Å². The van der Waals surface area contributed by atoms with Crippen LogP contribution in [0.4, 0.5) is 13.2 Å². The van der Waals surface area contributed by atoms with Crippen LogP contribution in [0.25, 0.3) is 0 Å². The first kappa shape index (κ1) is 19.0. The molecule has 1 aromatic rings. The number of rotatable bonds is 3. The van der Waals surface area contributed by atoms with E-state index in [4.69, 9.17) is 0 Å². The van der Waals surface area contributed by atoms with Crippen molar-refractivity contribution in [1.82, 2.24) is 24.7 Å². The molecule has 3 rings (SSSR count). The maximum atomic E-state index is 12.9. The molecule has 3 heterocycles. The van der Waals surface area contributed by atoms with E-state index in [1.165, 1.54) is 24.7 Å². The van der Waals surface area contributed by atoms with Gasteiger partial charge in [-0.2, -0.15) is 13.2 Å². The van der Waals surface area contributed by atoms with E-state index in [-0.39, 0.29) is 0 Å². The average Bonchev–Trinajstić information content (AvgIpc) is 3.04. The second-order valence-electron chi connectivity index (χ2n) is 6.94. The number of halogens is 3. The second kappa shape index (κ2) is 7.85. The molecule has 9 heteroatoms. The number of piperazine rings is 1. The van der Waals surface area contributed by atoms with E-state index in [0.717, 1.165) is 30.4 Å². The van der Waals surface area contributed by atoms with Crippen molar-refractivity contribution in [3.05, 3.63) is 17.7 Å². The summed E-state index contributed by atoms with van der Waals surface area (Å²) in [5.41, 5.74) is 0.979. The summed E-state index contributed by atoms with van der Waals surface area (Å²) in [5.74, 6) is 1.85. The molecular formula is C17H27F3N6. The van der Waals surface area contributed by atoms with Gasteiger partial charge in [-0.05, 0) is 19.8 Å². The van der Waals surface area contributed by atoms with Gasteiger partial charge in [0.25, 0.3) is 0 Å². The van der Waals surface area contributed by atoms with Crippen molar-refractivity contribution in [1.29, 1.82) is 0 Å². The molecule has 1 unspecified atom stereocenters. The quantitative estimate of drug-likeness (QED) is 0.650. The highest BCUT2D eigenvalue weighted by molar-refractivity contribution is 5.79. The summed E-state index contributed by atoms with van der Waals surface area (Å²) in [7, 11) is 1.70. The Hall–Kier alpha value is -1.77. The molecule has 1 fully saturated rings. The van der Waals surface area contributed by atoms with Crippen LogP contribution in [0.3, 0.4) is 0 Å². The summed E-state index contributed by atoms with van der Waals surface area (Å²) in [5, 5.41) is 3.30. The Balaban J connectivity index is 1.51. The Bertz CT molecular complexity index is 607. The van der Waals surface area contributed by atoms with Gasteiger partial charge in [0.15, 0.2) is 5.96 Å². The van der Waals surface area contributed by atoms with Gasteiger partial charge < -0.3 is 14.8 Å². The highest BCUT2D eigenvalue weighted by Crippen LogP contribution is 2.25. The lowest BCUT2D eigenvalue weighted by atomic mass is 10.2. The lowest BCUT2D eigenvalue weighted by Crippen LogP contribution is -2.56. The molecule has 0 spiro atoms. The van der Waals surface area contributed by atoms with E-state index >= 15 is 0 Å². The Morgan fingerprint density at radius 2 is 1.96 bits per heavy atom. The maximum absolute atomic E-state index is 12.9. The van der Waals surface area contributed by atoms with Crippen LogP contribution in [-0.4, -0.2) is 70.8 Å². The molecule has 0 aromatic carbocycles. The Labute approximate surface area is 152 Å². The van der Waals surface area contributed by atoms with Crippen molar-refractivity contribution in [3.63, 3.8) is 0 Å². The van der Waals surface area contributed by atoms with Crippen LogP contribution in [0.5, 0.6) is 0 Å². The zero-order chi connectivity index (χ0) is 18.7. The second-order valence-corrected chi connectivity index (χ2v) is 6.94. The van der Waals surface area contributed by atoms with Crippen LogP contribution in [0.1, 0.15) is 31.3 Å². The van der Waals surface area contributed by atoms with Gasteiger partial charge in [0.2, 0.25) is 0 Å². The fourth-order valence-electron chi connectivity index (χ4n) is 3.59. The molecule has 0 amide bonds. The number of fused-ring (bicyclic) bond motifs is 1. The minimum atomic E-state index is -4.18. The molecule has 1 saturated heterocycles. The molecule has 6 nitrogen and oxygen atoms in total. The Morgan fingerprint density at radius 1 is 1.23 bits per heavy atom. The van der Waals surface area contributed by atoms with Gasteiger partial charge in [-0.1, -0.05) is 0 Å². The highest BCUT2D eigenvalue weighted by atomic mass is 19.4. The number of aliphatic imine (C=N–C) groups is 1. The van der Waals surface area contributed by atoms with Crippen LogP contribution in [0, 0.1) is 0 Å². The standard InChI is InChI=1S/C17H27F3N6/c1-13(17(18,19)20)24-7-9-25(10-8-24)16(21-2)22-11-14-12-26-6-4-3-5-15(26)23-14/h12-13H,3-11H2,1-2H3,(H,21,22). The van der Waals surface area contributed by atoms with Crippen molar-refractivity contribution in [2.24, 2.45) is 4.99 Å². The highest BCUT2D eigenvalue weighted by Gasteiger charge is 2.41. The monoisotopic (exact) mass is 372 g/mol. The van der Waals surface area contributed by atoms with Gasteiger partial charge in [0.1, 0.15) is 11.9 Å². The van der Waals surface area contributed by atoms with Crippen molar-refractivity contribution >= 4 is 5.96 Å². The van der Waals surface area contributed by atoms with Gasteiger partial charge in [-0.25, -0.2) is 4.98 Å². The Morgan fingerprint density at radius 3 is 2.58 bits per heavy atom. The molecule has 0 saturated carbocycles. The topological polar surface area (TPSA) is 48.7 Å². The molecule has 2 aliphatic heterocycles. The largest absolute Gasteiger partial charge is 0.403 e. The third kappa shape index (κ3) is 4.31. The molecule has 1 atom stereocenters. The summed E-state index contributed by atoms with van der Waals surface area (Å²) < 4.78 is 40.8. The fraction of sp³-hybridized carbons (Fsp3) is 0.765. The first-order chi connectivity index (χ1) is 12.4. The van der Waals surface area contributed by atoms with Crippen molar-refractivity contribution < 1.29 is 13.2 Å². The smallest absolute Gasteiger partial charge is 0.351 e. The zero-order valence-electron chi connectivity index (χ0n) is 15.4. The lowest BCUT2D eigenvalue weighted by molar-refractivity contribution is -0.181. The zero-order valence-corrected chi connectivity index (χ0v) is 15.4. The number of imidazole rings is 1. The van der Waals surface area contributed by atoms with Gasteiger partial charge in [-0.3, -0.25) is 9.89 Å². The normalized spacial score (nSPS) is 20.8. The van der Waals surface area contributed by atoms with E-state index in [2.05, 4.69) is 26.1 Å². The van der Waals surface area contributed by atoms with Gasteiger partial charge in [0.05, 0.1) is 12.2 Å². The van der Waals surface area contributed by atoms with E-state index in [1.54, 1.807) is 7.05 Å². The molecule has 26 heavy (non-hydrogen) atoms. The molecule has 2 aliphatic rings. The average molecular weight is 372 g/mol. The summed E-state index contributed by atoms with van der Waals surface area (Å²) in [6.45, 7) is 4.63. The summed E-state index contributed by atoms with van der Waals surface area (Å²) >= 11 is 0. The summed E-state index contributed by atoms with van der Waals surface area (Å²) in [6, 6.07) is -1.41. The van der Waals surface area contributed by atoms with Gasteiger partial charge in [-0.15, -0.1) is 0 Å². The molecule has 1 N–H and O–H groups in total.